The molecule has 6 heteroatoms. The zero-order valence-electron chi connectivity index (χ0n) is 14.4. The van der Waals surface area contributed by atoms with Crippen molar-refractivity contribution in [2.75, 3.05) is 5.73 Å². The van der Waals surface area contributed by atoms with Crippen molar-refractivity contribution in [1.29, 1.82) is 0 Å². The summed E-state index contributed by atoms with van der Waals surface area (Å²) in [5.74, 6) is 0.857. The first-order chi connectivity index (χ1) is 12.1. The number of hydrogen-bond acceptors (Lipinski definition) is 6. The molecule has 0 saturated carbocycles. The molecule has 0 fully saturated rings. The minimum atomic E-state index is -0.125. The van der Waals surface area contributed by atoms with Crippen molar-refractivity contribution in [3.05, 3.63) is 46.5 Å². The molecule has 3 aliphatic heterocycles. The number of nitrogens with two attached hydrogens (primary N) is 1. The smallest absolute Gasteiger partial charge is 0.145 e. The highest BCUT2D eigenvalue weighted by molar-refractivity contribution is 7.98. The van der Waals surface area contributed by atoms with Gasteiger partial charge in [-0.1, -0.05) is 49.0 Å². The molecule has 4 rings (SSSR count). The third kappa shape index (κ3) is 3.26. The number of rotatable bonds is 4. The minimum Gasteiger partial charge on any atom is -0.395 e. The van der Waals surface area contributed by atoms with Gasteiger partial charge in [-0.3, -0.25) is 0 Å². The van der Waals surface area contributed by atoms with E-state index >= 15 is 0 Å². The number of aromatic nitrogens is 2. The fraction of sp³-hybridized carbons (Fsp3) is 0.368. The van der Waals surface area contributed by atoms with E-state index in [1.807, 2.05) is 6.07 Å². The molecule has 0 radical (unpaired) electrons. The van der Waals surface area contributed by atoms with Crippen molar-refractivity contribution >= 4 is 28.8 Å². The van der Waals surface area contributed by atoms with Crippen LogP contribution in [-0.2, 0) is 23.5 Å². The molecule has 1 aromatic carbocycles. The van der Waals surface area contributed by atoms with Crippen LogP contribution in [0.5, 0.6) is 0 Å². The lowest BCUT2D eigenvalue weighted by Crippen LogP contribution is -2.35. The van der Waals surface area contributed by atoms with Gasteiger partial charge in [0, 0.05) is 12.2 Å². The molecule has 130 valence electrons. The van der Waals surface area contributed by atoms with Crippen molar-refractivity contribution in [3.8, 4) is 10.7 Å². The number of ether oxygens (including phenoxy) is 1. The Bertz CT molecular complexity index is 865. The predicted molar refractivity (Wildman–Crippen MR) is 104 cm³/mol. The van der Waals surface area contributed by atoms with Gasteiger partial charge < -0.3 is 10.5 Å². The molecule has 0 spiro atoms. The van der Waals surface area contributed by atoms with Gasteiger partial charge in [0.2, 0.25) is 0 Å². The van der Waals surface area contributed by atoms with Gasteiger partial charge in [0.15, 0.2) is 0 Å². The lowest BCUT2D eigenvalue weighted by atomic mass is 9.94. The minimum absolute atomic E-state index is 0.125. The van der Waals surface area contributed by atoms with E-state index in [1.165, 1.54) is 10.4 Å². The largest absolute Gasteiger partial charge is 0.395 e. The zero-order valence-corrected chi connectivity index (χ0v) is 16.0. The first kappa shape index (κ1) is 16.8. The number of hydrogen-bond donors (Lipinski definition) is 1. The van der Waals surface area contributed by atoms with Crippen LogP contribution in [-0.4, -0.2) is 15.6 Å². The first-order valence-corrected chi connectivity index (χ1v) is 10.3. The van der Waals surface area contributed by atoms with Crippen LogP contribution >= 0.6 is 23.1 Å². The van der Waals surface area contributed by atoms with Crippen LogP contribution < -0.4 is 5.73 Å². The molecule has 1 atom stereocenters. The average Bonchev–Trinajstić information content (AvgIpc) is 2.94. The summed E-state index contributed by atoms with van der Waals surface area (Å²) in [6.45, 7) is 4.93. The van der Waals surface area contributed by atoms with Crippen molar-refractivity contribution in [1.82, 2.24) is 9.97 Å². The lowest BCUT2D eigenvalue weighted by molar-refractivity contribution is -0.0559. The summed E-state index contributed by atoms with van der Waals surface area (Å²) in [7, 11) is 0. The van der Waals surface area contributed by atoms with Crippen LogP contribution in [0.3, 0.4) is 0 Å². The quantitative estimate of drug-likeness (QED) is 0.670. The van der Waals surface area contributed by atoms with Crippen LogP contribution in [0.1, 0.15) is 36.4 Å². The highest BCUT2D eigenvalue weighted by Gasteiger charge is 2.32. The zero-order chi connectivity index (χ0) is 17.4. The molecule has 1 unspecified atom stereocenters. The molecule has 4 nitrogen and oxygen atoms in total. The summed E-state index contributed by atoms with van der Waals surface area (Å²) < 4.78 is 6.04. The monoisotopic (exact) mass is 371 g/mol. The Balaban J connectivity index is 1.63. The topological polar surface area (TPSA) is 61.0 Å². The van der Waals surface area contributed by atoms with E-state index in [-0.39, 0.29) is 5.60 Å². The average molecular weight is 372 g/mol. The second kappa shape index (κ2) is 6.59. The summed E-state index contributed by atoms with van der Waals surface area (Å²) in [6.07, 6.45) is 1.81. The molecule has 0 aromatic heterocycles. The van der Waals surface area contributed by atoms with Gasteiger partial charge in [0.25, 0.3) is 0 Å². The van der Waals surface area contributed by atoms with Crippen molar-refractivity contribution in [3.63, 3.8) is 0 Å². The van der Waals surface area contributed by atoms with Gasteiger partial charge in [-0.2, -0.15) is 0 Å². The SMILES string of the molecule is CCC1(C)Cc2nc3c(N)c(SCc4ccccc4)nc-3sc2CO1. The van der Waals surface area contributed by atoms with E-state index in [4.69, 9.17) is 20.4 Å². The van der Waals surface area contributed by atoms with Crippen molar-refractivity contribution in [2.45, 2.75) is 49.7 Å². The normalized spacial score (nSPS) is 19.9. The van der Waals surface area contributed by atoms with Gasteiger partial charge in [-0.05, 0) is 18.9 Å². The maximum Gasteiger partial charge on any atom is 0.145 e. The molecule has 25 heavy (non-hydrogen) atoms. The lowest BCUT2D eigenvalue weighted by Gasteiger charge is -2.33. The number of benzene rings is 1. The molecular weight excluding hydrogens is 350 g/mol. The van der Waals surface area contributed by atoms with Crippen LogP contribution in [0.2, 0.25) is 0 Å². The molecule has 2 N–H and O–H groups in total. The van der Waals surface area contributed by atoms with Crippen LogP contribution in [0.25, 0.3) is 10.7 Å². The van der Waals surface area contributed by atoms with Gasteiger partial charge in [-0.15, -0.1) is 11.3 Å². The Kier molecular flexibility index (Phi) is 4.43. The van der Waals surface area contributed by atoms with Gasteiger partial charge in [-0.25, -0.2) is 9.97 Å². The highest BCUT2D eigenvalue weighted by Crippen LogP contribution is 2.42. The highest BCUT2D eigenvalue weighted by atomic mass is 32.2. The molecule has 0 aliphatic carbocycles. The first-order valence-electron chi connectivity index (χ1n) is 8.46. The van der Waals surface area contributed by atoms with Gasteiger partial charge in [0.1, 0.15) is 15.7 Å². The molecule has 0 amide bonds. The van der Waals surface area contributed by atoms with E-state index in [2.05, 4.69) is 38.1 Å². The van der Waals surface area contributed by atoms with Gasteiger partial charge >= 0.3 is 0 Å². The molecule has 1 aromatic rings. The van der Waals surface area contributed by atoms with E-state index in [0.717, 1.165) is 40.0 Å². The van der Waals surface area contributed by atoms with E-state index < -0.39 is 0 Å². The number of fused-ring (bicyclic) bond motifs is 2. The van der Waals surface area contributed by atoms with E-state index in [9.17, 15) is 0 Å². The van der Waals surface area contributed by atoms with Crippen LogP contribution in [0.15, 0.2) is 35.4 Å². The van der Waals surface area contributed by atoms with Gasteiger partial charge in [0.05, 0.1) is 28.5 Å². The van der Waals surface area contributed by atoms with Crippen molar-refractivity contribution in [2.24, 2.45) is 0 Å². The Morgan fingerprint density at radius 2 is 2.08 bits per heavy atom. The summed E-state index contributed by atoms with van der Waals surface area (Å²) in [4.78, 5) is 10.8. The second-order valence-corrected chi connectivity index (χ2v) is 8.66. The molecule has 3 heterocycles. The third-order valence-electron chi connectivity index (χ3n) is 4.74. The van der Waals surface area contributed by atoms with Crippen LogP contribution in [0.4, 0.5) is 5.69 Å². The Labute approximate surface area is 156 Å². The maximum absolute atomic E-state index is 6.37. The summed E-state index contributed by atoms with van der Waals surface area (Å²) in [5, 5.41) is 1.79. The Hall–Kier alpha value is -1.63. The predicted octanol–water partition coefficient (Wildman–Crippen LogP) is 4.76. The standard InChI is InChI=1S/C19H21N3OS2/c1-3-19(2)9-13-14(10-23-19)25-18-16(21-13)15(20)17(22-18)24-11-12-7-5-4-6-8-12/h4-8H,3,9-11,20H2,1-2H3. The summed E-state index contributed by atoms with van der Waals surface area (Å²) in [5.41, 5.74) is 10.2. The maximum atomic E-state index is 6.37. The summed E-state index contributed by atoms with van der Waals surface area (Å²) >= 11 is 3.34. The number of anilines is 1. The summed E-state index contributed by atoms with van der Waals surface area (Å²) in [6, 6.07) is 10.4. The molecule has 0 saturated heterocycles. The Morgan fingerprint density at radius 1 is 1.28 bits per heavy atom. The number of nitrogen functional groups attached to an aromatic ring is 1. The number of nitrogens with zero attached hydrogens (tertiary/aromatic N) is 2. The van der Waals surface area contributed by atoms with Crippen molar-refractivity contribution < 1.29 is 4.74 Å². The molecule has 3 aliphatic rings. The van der Waals surface area contributed by atoms with Crippen LogP contribution in [0, 0.1) is 0 Å². The number of thioether (sulfide) groups is 1. The fourth-order valence-electron chi connectivity index (χ4n) is 2.93. The molecule has 0 bridgehead atoms. The van der Waals surface area contributed by atoms with E-state index in [1.54, 1.807) is 23.1 Å². The Morgan fingerprint density at radius 3 is 2.84 bits per heavy atom. The fourth-order valence-corrected chi connectivity index (χ4v) is 4.87. The molecular formula is C19H21N3OS2. The second-order valence-electron chi connectivity index (χ2n) is 6.61. The van der Waals surface area contributed by atoms with E-state index in [0.29, 0.717) is 12.3 Å². The third-order valence-corrected chi connectivity index (χ3v) is 6.88.